The molecule has 2 aromatic heterocycles. The maximum Gasteiger partial charge on any atom is 0.412 e. The minimum Gasteiger partial charge on any atom is -0.495 e. The molecule has 1 atom stereocenters. The number of amides is 1. The lowest BCUT2D eigenvalue weighted by Gasteiger charge is -2.46. The van der Waals surface area contributed by atoms with Gasteiger partial charge in [-0.25, -0.2) is 18.6 Å². The van der Waals surface area contributed by atoms with Gasteiger partial charge >= 0.3 is 6.09 Å². The van der Waals surface area contributed by atoms with Crippen molar-refractivity contribution in [3.05, 3.63) is 42.1 Å². The van der Waals surface area contributed by atoms with Crippen molar-refractivity contribution >= 4 is 17.3 Å². The van der Waals surface area contributed by atoms with Crippen LogP contribution in [-0.2, 0) is 4.74 Å². The van der Waals surface area contributed by atoms with Gasteiger partial charge in [0.05, 0.1) is 42.8 Å². The average Bonchev–Trinajstić information content (AvgIpc) is 3.28. The zero-order valence-electron chi connectivity index (χ0n) is 23.0. The molecular formula is C29H37F2N5O3. The standard InChI is InChI=1S/C29H37F2N5O3/c1-5-6-18(2)39-28(37)33-23-12-9-21(15-24(23)38-4)25-26-19(3)32-13-14-36(26)27(34-25)20-7-10-22(11-8-20)35-16-29(30,31)17-35/h9,12-15,18,20,22H,5-8,10-11,16-17H2,1-4H3,(H,33,37)/t18?,20-,22+. The van der Waals surface area contributed by atoms with Crippen molar-refractivity contribution in [3.8, 4) is 17.0 Å². The summed E-state index contributed by atoms with van der Waals surface area (Å²) in [6.07, 6.45) is 8.33. The molecule has 5 rings (SSSR count). The molecule has 1 aromatic carbocycles. The zero-order valence-corrected chi connectivity index (χ0v) is 23.0. The molecule has 1 amide bonds. The van der Waals surface area contributed by atoms with Gasteiger partial charge in [-0.15, -0.1) is 0 Å². The molecule has 1 unspecified atom stereocenters. The van der Waals surface area contributed by atoms with Gasteiger partial charge in [0, 0.05) is 29.9 Å². The molecule has 3 aromatic rings. The summed E-state index contributed by atoms with van der Waals surface area (Å²) >= 11 is 0. The van der Waals surface area contributed by atoms with E-state index in [-0.39, 0.29) is 31.2 Å². The lowest BCUT2D eigenvalue weighted by molar-refractivity contribution is -0.150. The highest BCUT2D eigenvalue weighted by Crippen LogP contribution is 2.41. The molecule has 1 aliphatic heterocycles. The number of carbonyl (C=O) groups is 1. The fraction of sp³-hybridized carbons (Fsp3) is 0.552. The highest BCUT2D eigenvalue weighted by atomic mass is 19.3. The largest absolute Gasteiger partial charge is 0.495 e. The van der Waals surface area contributed by atoms with Crippen LogP contribution in [0.3, 0.4) is 0 Å². The van der Waals surface area contributed by atoms with Gasteiger partial charge in [0.2, 0.25) is 0 Å². The van der Waals surface area contributed by atoms with E-state index in [0.717, 1.165) is 66.8 Å². The molecule has 1 saturated carbocycles. The van der Waals surface area contributed by atoms with Gasteiger partial charge in [0.1, 0.15) is 17.7 Å². The molecule has 0 spiro atoms. The van der Waals surface area contributed by atoms with Crippen LogP contribution in [0.5, 0.6) is 5.75 Å². The number of anilines is 1. The number of imidazole rings is 1. The number of aryl methyl sites for hydroxylation is 1. The molecule has 1 N–H and O–H groups in total. The van der Waals surface area contributed by atoms with E-state index in [9.17, 15) is 13.6 Å². The van der Waals surface area contributed by atoms with Crippen molar-refractivity contribution in [1.29, 1.82) is 0 Å². The predicted molar refractivity (Wildman–Crippen MR) is 146 cm³/mol. The third-order valence-electron chi connectivity index (χ3n) is 7.93. The molecule has 2 aliphatic rings. The fourth-order valence-electron chi connectivity index (χ4n) is 5.94. The van der Waals surface area contributed by atoms with Gasteiger partial charge in [-0.3, -0.25) is 19.6 Å². The molecule has 1 saturated heterocycles. The maximum atomic E-state index is 13.4. The van der Waals surface area contributed by atoms with Crippen LogP contribution >= 0.6 is 0 Å². The molecule has 39 heavy (non-hydrogen) atoms. The quantitative estimate of drug-likeness (QED) is 0.354. The molecular weight excluding hydrogens is 504 g/mol. The maximum absolute atomic E-state index is 13.4. The molecule has 3 heterocycles. The minimum atomic E-state index is -2.53. The summed E-state index contributed by atoms with van der Waals surface area (Å²) in [6, 6.07) is 5.79. The van der Waals surface area contributed by atoms with Crippen LogP contribution in [-0.4, -0.2) is 63.6 Å². The second-order valence-corrected chi connectivity index (χ2v) is 10.9. The molecule has 0 radical (unpaired) electrons. The van der Waals surface area contributed by atoms with Crippen LogP contribution in [0.25, 0.3) is 16.8 Å². The Balaban J connectivity index is 1.38. The summed E-state index contributed by atoms with van der Waals surface area (Å²) in [7, 11) is 1.56. The second kappa shape index (κ2) is 11.1. The Morgan fingerprint density at radius 3 is 2.64 bits per heavy atom. The van der Waals surface area contributed by atoms with Gasteiger partial charge in [-0.2, -0.15) is 0 Å². The Morgan fingerprint density at radius 2 is 1.97 bits per heavy atom. The van der Waals surface area contributed by atoms with Crippen LogP contribution < -0.4 is 10.1 Å². The number of nitrogens with zero attached hydrogens (tertiary/aromatic N) is 4. The Labute approximate surface area is 227 Å². The first kappa shape index (κ1) is 27.3. The van der Waals surface area contributed by atoms with Crippen molar-refractivity contribution in [2.24, 2.45) is 0 Å². The number of fused-ring (bicyclic) bond motifs is 1. The Hall–Kier alpha value is -3.27. The van der Waals surface area contributed by atoms with Gasteiger partial charge in [0.25, 0.3) is 5.92 Å². The van der Waals surface area contributed by atoms with E-state index in [1.54, 1.807) is 19.4 Å². The molecule has 1 aliphatic carbocycles. The lowest BCUT2D eigenvalue weighted by atomic mass is 9.83. The van der Waals surface area contributed by atoms with Crippen molar-refractivity contribution in [2.75, 3.05) is 25.5 Å². The van der Waals surface area contributed by atoms with Crippen molar-refractivity contribution in [3.63, 3.8) is 0 Å². The zero-order chi connectivity index (χ0) is 27.7. The number of ether oxygens (including phenoxy) is 2. The Kier molecular flexibility index (Phi) is 7.75. The number of nitrogens with one attached hydrogen (secondary N) is 1. The highest BCUT2D eigenvalue weighted by Gasteiger charge is 2.47. The van der Waals surface area contributed by atoms with Crippen LogP contribution in [0.2, 0.25) is 0 Å². The van der Waals surface area contributed by atoms with Gasteiger partial charge in [-0.05, 0) is 58.1 Å². The summed E-state index contributed by atoms with van der Waals surface area (Å²) in [5, 5.41) is 2.79. The second-order valence-electron chi connectivity index (χ2n) is 10.9. The van der Waals surface area contributed by atoms with Crippen molar-refractivity contribution < 1.29 is 23.0 Å². The third kappa shape index (κ3) is 5.71. The monoisotopic (exact) mass is 541 g/mol. The van der Waals surface area contributed by atoms with Gasteiger partial charge in [0.15, 0.2) is 0 Å². The van der Waals surface area contributed by atoms with E-state index in [2.05, 4.69) is 14.7 Å². The summed E-state index contributed by atoms with van der Waals surface area (Å²) in [4.78, 5) is 23.9. The van der Waals surface area contributed by atoms with E-state index in [1.165, 1.54) is 0 Å². The van der Waals surface area contributed by atoms with E-state index < -0.39 is 12.0 Å². The van der Waals surface area contributed by atoms with Gasteiger partial charge < -0.3 is 9.47 Å². The van der Waals surface area contributed by atoms with E-state index >= 15 is 0 Å². The third-order valence-corrected chi connectivity index (χ3v) is 7.93. The topological polar surface area (TPSA) is 81.0 Å². The SMILES string of the molecule is CCCC(C)OC(=O)Nc1ccc(-c2nc([C@H]3CC[C@@H](N4CC(F)(F)C4)CC3)n3ccnc(C)c23)cc1OC. The lowest BCUT2D eigenvalue weighted by Crippen LogP contribution is -2.60. The van der Waals surface area contributed by atoms with Gasteiger partial charge in [-0.1, -0.05) is 19.4 Å². The number of likely N-dealkylation sites (tertiary alicyclic amines) is 1. The van der Waals surface area contributed by atoms with Crippen molar-refractivity contribution in [1.82, 2.24) is 19.3 Å². The number of halogens is 2. The fourth-order valence-corrected chi connectivity index (χ4v) is 5.94. The number of benzene rings is 1. The highest BCUT2D eigenvalue weighted by molar-refractivity contribution is 5.89. The van der Waals surface area contributed by atoms with Crippen LogP contribution in [0.1, 0.15) is 69.8 Å². The number of hydrogen-bond acceptors (Lipinski definition) is 6. The molecule has 210 valence electrons. The van der Waals surface area contributed by atoms with E-state index in [1.807, 2.05) is 44.0 Å². The smallest absolute Gasteiger partial charge is 0.412 e. The summed E-state index contributed by atoms with van der Waals surface area (Å²) < 4.78 is 39.9. The molecule has 8 nitrogen and oxygen atoms in total. The number of methoxy groups -OCH3 is 1. The first-order valence-electron chi connectivity index (χ1n) is 13.8. The first-order chi connectivity index (χ1) is 18.7. The average molecular weight is 542 g/mol. The number of alkyl halides is 2. The number of hydrogen-bond donors (Lipinski definition) is 1. The number of rotatable bonds is 8. The molecule has 10 heteroatoms. The molecule has 0 bridgehead atoms. The van der Waals surface area contributed by atoms with Crippen LogP contribution in [0.4, 0.5) is 19.3 Å². The predicted octanol–water partition coefficient (Wildman–Crippen LogP) is 6.43. The van der Waals surface area contributed by atoms with Crippen LogP contribution in [0, 0.1) is 6.92 Å². The first-order valence-corrected chi connectivity index (χ1v) is 13.8. The number of carbonyl (C=O) groups excluding carboxylic acids is 1. The number of aromatic nitrogens is 3. The minimum absolute atomic E-state index is 0.119. The van der Waals surface area contributed by atoms with E-state index in [0.29, 0.717) is 11.4 Å². The Morgan fingerprint density at radius 1 is 1.23 bits per heavy atom. The Bertz CT molecular complexity index is 1330. The summed E-state index contributed by atoms with van der Waals surface area (Å²) in [5.41, 5.74) is 3.94. The molecule has 2 fully saturated rings. The van der Waals surface area contributed by atoms with E-state index in [4.69, 9.17) is 14.5 Å². The van der Waals surface area contributed by atoms with Crippen molar-refractivity contribution in [2.45, 2.75) is 83.3 Å². The summed E-state index contributed by atoms with van der Waals surface area (Å²) in [5.74, 6) is -0.833. The normalized spacial score (nSPS) is 21.8. The summed E-state index contributed by atoms with van der Waals surface area (Å²) in [6.45, 7) is 5.64. The van der Waals surface area contributed by atoms with Crippen LogP contribution in [0.15, 0.2) is 30.6 Å².